The van der Waals surface area contributed by atoms with E-state index in [1.807, 2.05) is 0 Å². The van der Waals surface area contributed by atoms with Gasteiger partial charge >= 0.3 is 0 Å². The van der Waals surface area contributed by atoms with E-state index in [0.29, 0.717) is 6.04 Å². The lowest BCUT2D eigenvalue weighted by Crippen LogP contribution is -2.40. The fourth-order valence-electron chi connectivity index (χ4n) is 2.56. The SMILES string of the molecule is CCCc1nc(NCC)cc(N(CC)C(C)CN(C)C)n1. The molecule has 1 atom stereocenters. The normalized spacial score (nSPS) is 12.5. The van der Waals surface area contributed by atoms with Gasteiger partial charge in [-0.15, -0.1) is 0 Å². The molecule has 5 nitrogen and oxygen atoms in total. The van der Waals surface area contributed by atoms with E-state index in [1.165, 1.54) is 0 Å². The van der Waals surface area contributed by atoms with Gasteiger partial charge in [-0.3, -0.25) is 0 Å². The molecule has 0 amide bonds. The van der Waals surface area contributed by atoms with Crippen molar-refractivity contribution in [3.63, 3.8) is 0 Å². The Balaban J connectivity index is 3.05. The van der Waals surface area contributed by atoms with Gasteiger partial charge in [-0.25, -0.2) is 9.97 Å². The van der Waals surface area contributed by atoms with E-state index in [9.17, 15) is 0 Å². The van der Waals surface area contributed by atoms with Gasteiger partial charge in [-0.1, -0.05) is 6.92 Å². The Morgan fingerprint density at radius 2 is 1.90 bits per heavy atom. The maximum absolute atomic E-state index is 4.76. The van der Waals surface area contributed by atoms with Crippen molar-refractivity contribution in [3.05, 3.63) is 11.9 Å². The minimum Gasteiger partial charge on any atom is -0.370 e. The Morgan fingerprint density at radius 1 is 1.19 bits per heavy atom. The van der Waals surface area contributed by atoms with Gasteiger partial charge in [-0.05, 0) is 41.3 Å². The van der Waals surface area contributed by atoms with Gasteiger partial charge in [0.2, 0.25) is 0 Å². The molecule has 5 heteroatoms. The highest BCUT2D eigenvalue weighted by molar-refractivity contribution is 5.50. The van der Waals surface area contributed by atoms with Gasteiger partial charge in [0.25, 0.3) is 0 Å². The van der Waals surface area contributed by atoms with Crippen molar-refractivity contribution in [1.29, 1.82) is 0 Å². The van der Waals surface area contributed by atoms with Crippen molar-refractivity contribution in [3.8, 4) is 0 Å². The highest BCUT2D eigenvalue weighted by Crippen LogP contribution is 2.19. The highest BCUT2D eigenvalue weighted by Gasteiger charge is 2.16. The van der Waals surface area contributed by atoms with Crippen molar-refractivity contribution < 1.29 is 0 Å². The van der Waals surface area contributed by atoms with E-state index >= 15 is 0 Å². The molecule has 1 aromatic rings. The third-order valence-electron chi connectivity index (χ3n) is 3.39. The van der Waals surface area contributed by atoms with E-state index in [1.54, 1.807) is 0 Å². The quantitative estimate of drug-likeness (QED) is 0.758. The second kappa shape index (κ2) is 8.82. The summed E-state index contributed by atoms with van der Waals surface area (Å²) in [5, 5.41) is 3.32. The summed E-state index contributed by atoms with van der Waals surface area (Å²) in [7, 11) is 4.22. The van der Waals surface area contributed by atoms with Gasteiger partial charge in [0, 0.05) is 38.2 Å². The molecule has 0 aliphatic heterocycles. The number of rotatable bonds is 9. The summed E-state index contributed by atoms with van der Waals surface area (Å²) in [6.45, 7) is 11.5. The average molecular weight is 293 g/mol. The molecule has 0 saturated carbocycles. The van der Waals surface area contributed by atoms with Crippen LogP contribution in [0, 0.1) is 0 Å². The first-order valence-corrected chi connectivity index (χ1v) is 8.04. The predicted molar refractivity (Wildman–Crippen MR) is 91.2 cm³/mol. The fraction of sp³-hybridized carbons (Fsp3) is 0.750. The second-order valence-electron chi connectivity index (χ2n) is 5.71. The number of hydrogen-bond acceptors (Lipinski definition) is 5. The van der Waals surface area contributed by atoms with Crippen molar-refractivity contribution in [1.82, 2.24) is 14.9 Å². The monoisotopic (exact) mass is 293 g/mol. The molecule has 1 heterocycles. The van der Waals surface area contributed by atoms with Gasteiger partial charge in [0.15, 0.2) is 0 Å². The third-order valence-corrected chi connectivity index (χ3v) is 3.39. The molecule has 21 heavy (non-hydrogen) atoms. The fourth-order valence-corrected chi connectivity index (χ4v) is 2.56. The van der Waals surface area contributed by atoms with E-state index in [0.717, 1.165) is 49.9 Å². The molecule has 0 aliphatic rings. The summed E-state index contributed by atoms with van der Waals surface area (Å²) in [5.41, 5.74) is 0. The number of anilines is 2. The number of hydrogen-bond donors (Lipinski definition) is 1. The van der Waals surface area contributed by atoms with Gasteiger partial charge in [0.1, 0.15) is 17.5 Å². The van der Waals surface area contributed by atoms with Crippen LogP contribution in [0.15, 0.2) is 6.07 Å². The lowest BCUT2D eigenvalue weighted by molar-refractivity contribution is 0.372. The standard InChI is InChI=1S/C16H31N5/c1-7-10-14-18-15(17-8-2)11-16(19-14)21(9-3)13(4)12-20(5)6/h11,13H,7-10,12H2,1-6H3,(H,17,18,19). The lowest BCUT2D eigenvalue weighted by Gasteiger charge is -2.31. The summed E-state index contributed by atoms with van der Waals surface area (Å²) in [4.78, 5) is 13.9. The molecule has 1 rings (SSSR count). The summed E-state index contributed by atoms with van der Waals surface area (Å²) in [6, 6.07) is 2.49. The van der Waals surface area contributed by atoms with Crippen LogP contribution in [-0.4, -0.2) is 54.6 Å². The van der Waals surface area contributed by atoms with Crippen LogP contribution in [0.3, 0.4) is 0 Å². The Bertz CT molecular complexity index is 395. The molecule has 1 unspecified atom stereocenters. The molecular formula is C16H31N5. The Morgan fingerprint density at radius 3 is 2.43 bits per heavy atom. The zero-order valence-corrected chi connectivity index (χ0v) is 14.5. The summed E-state index contributed by atoms with van der Waals surface area (Å²) >= 11 is 0. The maximum Gasteiger partial charge on any atom is 0.134 e. The Kier molecular flexibility index (Phi) is 7.43. The van der Waals surface area contributed by atoms with Gasteiger partial charge < -0.3 is 15.1 Å². The summed E-state index contributed by atoms with van der Waals surface area (Å²) in [6.07, 6.45) is 1.99. The van der Waals surface area contributed by atoms with Crippen LogP contribution in [0.2, 0.25) is 0 Å². The topological polar surface area (TPSA) is 44.3 Å². The van der Waals surface area contributed by atoms with Crippen LogP contribution < -0.4 is 10.2 Å². The van der Waals surface area contributed by atoms with E-state index in [4.69, 9.17) is 4.98 Å². The van der Waals surface area contributed by atoms with Crippen LogP contribution in [-0.2, 0) is 6.42 Å². The first-order valence-electron chi connectivity index (χ1n) is 8.04. The molecule has 0 bridgehead atoms. The van der Waals surface area contributed by atoms with Crippen molar-refractivity contribution in [2.45, 2.75) is 46.6 Å². The minimum atomic E-state index is 0.420. The van der Waals surface area contributed by atoms with Crippen LogP contribution in [0.1, 0.15) is 39.9 Å². The van der Waals surface area contributed by atoms with Crippen molar-refractivity contribution in [2.24, 2.45) is 0 Å². The molecule has 0 fully saturated rings. The van der Waals surface area contributed by atoms with Gasteiger partial charge in [-0.2, -0.15) is 0 Å². The van der Waals surface area contributed by atoms with Crippen molar-refractivity contribution >= 4 is 11.6 Å². The molecule has 0 aliphatic carbocycles. The molecule has 0 aromatic carbocycles. The predicted octanol–water partition coefficient (Wildman–Crippen LogP) is 2.64. The Labute approximate surface area is 129 Å². The molecule has 1 aromatic heterocycles. The number of nitrogens with one attached hydrogen (secondary N) is 1. The third kappa shape index (κ3) is 5.50. The Hall–Kier alpha value is -1.36. The summed E-state index contributed by atoms with van der Waals surface area (Å²) < 4.78 is 0. The van der Waals surface area contributed by atoms with Crippen LogP contribution in [0.5, 0.6) is 0 Å². The van der Waals surface area contributed by atoms with E-state index < -0.39 is 0 Å². The molecule has 120 valence electrons. The number of likely N-dealkylation sites (N-methyl/N-ethyl adjacent to an activating group) is 2. The number of aryl methyl sites for hydroxylation is 1. The van der Waals surface area contributed by atoms with Gasteiger partial charge in [0.05, 0.1) is 0 Å². The number of aromatic nitrogens is 2. The smallest absolute Gasteiger partial charge is 0.134 e. The van der Waals surface area contributed by atoms with Crippen LogP contribution >= 0.6 is 0 Å². The molecular weight excluding hydrogens is 262 g/mol. The molecule has 0 radical (unpaired) electrons. The molecule has 0 spiro atoms. The second-order valence-corrected chi connectivity index (χ2v) is 5.71. The summed E-state index contributed by atoms with van der Waals surface area (Å²) in [5.74, 6) is 2.89. The van der Waals surface area contributed by atoms with Crippen LogP contribution in [0.4, 0.5) is 11.6 Å². The first-order chi connectivity index (χ1) is 10.0. The lowest BCUT2D eigenvalue weighted by atomic mass is 10.2. The first kappa shape index (κ1) is 17.7. The maximum atomic E-state index is 4.76. The molecule has 0 saturated heterocycles. The zero-order valence-electron chi connectivity index (χ0n) is 14.5. The highest BCUT2D eigenvalue weighted by atomic mass is 15.2. The van der Waals surface area contributed by atoms with Crippen LogP contribution in [0.25, 0.3) is 0 Å². The number of nitrogens with zero attached hydrogens (tertiary/aromatic N) is 4. The van der Waals surface area contributed by atoms with Crippen molar-refractivity contribution in [2.75, 3.05) is 43.9 Å². The molecule has 1 N–H and O–H groups in total. The zero-order chi connectivity index (χ0) is 15.8. The average Bonchev–Trinajstić information content (AvgIpc) is 2.39. The van der Waals surface area contributed by atoms with E-state index in [2.05, 4.69) is 68.0 Å². The minimum absolute atomic E-state index is 0.420. The largest absolute Gasteiger partial charge is 0.370 e. The van der Waals surface area contributed by atoms with E-state index in [-0.39, 0.29) is 0 Å².